The Morgan fingerprint density at radius 2 is 2.04 bits per heavy atom. The summed E-state index contributed by atoms with van der Waals surface area (Å²) in [5.74, 6) is -2.35. The van der Waals surface area contributed by atoms with Crippen LogP contribution in [0, 0.1) is 5.92 Å². The fraction of sp³-hybridized carbons (Fsp3) is 0.533. The number of thioether (sulfide) groups is 1. The lowest BCUT2D eigenvalue weighted by Gasteiger charge is -2.44. The predicted octanol–water partition coefficient (Wildman–Crippen LogP) is 0.666. The average Bonchev–Trinajstić information content (AvgIpc) is 2.72. The quantitative estimate of drug-likeness (QED) is 0.484. The van der Waals surface area contributed by atoms with E-state index in [0.717, 1.165) is 11.8 Å². The lowest BCUT2D eigenvalue weighted by atomic mass is 9.83. The lowest BCUT2D eigenvalue weighted by molar-refractivity contribution is -0.161. The number of carboxylic acid groups (broad SMARTS) is 1. The largest absolute Gasteiger partial charge is 0.477 e. The Morgan fingerprint density at radius 3 is 2.57 bits per heavy atom. The highest BCUT2D eigenvalue weighted by molar-refractivity contribution is 8.05. The van der Waals surface area contributed by atoms with Gasteiger partial charge in [0.2, 0.25) is 11.8 Å². The SMILES string of the molecule is CC(C)NC(=O)/C=C\SC1=C(C(=O)O)N2C(=O)[C@@H]([C@H](C)O)[C@H]2C1. The molecule has 8 heteroatoms. The van der Waals surface area contributed by atoms with Crippen molar-refractivity contribution in [1.29, 1.82) is 0 Å². The minimum atomic E-state index is -1.17. The molecule has 126 valence electrons. The highest BCUT2D eigenvalue weighted by Gasteiger charge is 2.56. The van der Waals surface area contributed by atoms with Crippen molar-refractivity contribution in [2.45, 2.75) is 45.4 Å². The molecule has 3 N–H and O–H groups in total. The molecule has 1 fully saturated rings. The van der Waals surface area contributed by atoms with Crippen LogP contribution in [-0.4, -0.2) is 51.1 Å². The number of carboxylic acids is 1. The molecule has 3 atom stereocenters. The number of aliphatic hydroxyl groups excluding tert-OH is 1. The summed E-state index contributed by atoms with van der Waals surface area (Å²) in [7, 11) is 0. The molecular formula is C15H20N2O5S. The predicted molar refractivity (Wildman–Crippen MR) is 85.1 cm³/mol. The summed E-state index contributed by atoms with van der Waals surface area (Å²) in [5, 5.41) is 23.2. The van der Waals surface area contributed by atoms with E-state index in [4.69, 9.17) is 0 Å². The van der Waals surface area contributed by atoms with Gasteiger partial charge in [-0.05, 0) is 26.2 Å². The number of aliphatic hydroxyl groups is 1. The van der Waals surface area contributed by atoms with Gasteiger partial charge in [-0.2, -0.15) is 0 Å². The highest BCUT2D eigenvalue weighted by atomic mass is 32.2. The Labute approximate surface area is 138 Å². The molecule has 2 amide bonds. The molecule has 0 unspecified atom stereocenters. The molecule has 0 aromatic heterocycles. The molecule has 0 bridgehead atoms. The average molecular weight is 340 g/mol. The summed E-state index contributed by atoms with van der Waals surface area (Å²) in [6.45, 7) is 5.21. The second-order valence-corrected chi connectivity index (χ2v) is 6.91. The van der Waals surface area contributed by atoms with Crippen LogP contribution in [0.25, 0.3) is 0 Å². The van der Waals surface area contributed by atoms with E-state index in [1.54, 1.807) is 0 Å². The smallest absolute Gasteiger partial charge is 0.353 e. The Bertz CT molecular complexity index is 597. The van der Waals surface area contributed by atoms with E-state index in [9.17, 15) is 24.6 Å². The van der Waals surface area contributed by atoms with Crippen LogP contribution in [0.1, 0.15) is 27.2 Å². The number of fused-ring (bicyclic) bond motifs is 1. The lowest BCUT2D eigenvalue weighted by Crippen LogP contribution is -2.61. The van der Waals surface area contributed by atoms with Crippen molar-refractivity contribution in [1.82, 2.24) is 10.2 Å². The van der Waals surface area contributed by atoms with Crippen molar-refractivity contribution in [2.75, 3.05) is 0 Å². The minimum Gasteiger partial charge on any atom is -0.477 e. The van der Waals surface area contributed by atoms with Gasteiger partial charge in [-0.3, -0.25) is 9.59 Å². The number of nitrogens with one attached hydrogen (secondary N) is 1. The number of β-lactam (4-membered cyclic amide) rings is 1. The molecule has 0 aliphatic carbocycles. The third-order valence-electron chi connectivity index (χ3n) is 3.75. The van der Waals surface area contributed by atoms with E-state index in [2.05, 4.69) is 5.32 Å². The van der Waals surface area contributed by atoms with Crippen molar-refractivity contribution in [3.63, 3.8) is 0 Å². The first-order valence-corrected chi connectivity index (χ1v) is 8.23. The van der Waals surface area contributed by atoms with Crippen LogP contribution < -0.4 is 5.32 Å². The Kier molecular flexibility index (Phi) is 5.16. The number of hydrogen-bond donors (Lipinski definition) is 3. The minimum absolute atomic E-state index is 0.0174. The molecule has 2 rings (SSSR count). The summed E-state index contributed by atoms with van der Waals surface area (Å²) in [6.07, 6.45) is 0.903. The molecule has 2 aliphatic heterocycles. The van der Waals surface area contributed by atoms with E-state index in [0.29, 0.717) is 11.3 Å². The van der Waals surface area contributed by atoms with Crippen LogP contribution in [0.4, 0.5) is 0 Å². The molecule has 23 heavy (non-hydrogen) atoms. The van der Waals surface area contributed by atoms with Crippen LogP contribution in [0.15, 0.2) is 22.1 Å². The van der Waals surface area contributed by atoms with Gasteiger partial charge in [-0.25, -0.2) is 4.79 Å². The van der Waals surface area contributed by atoms with Crippen molar-refractivity contribution in [3.8, 4) is 0 Å². The topological polar surface area (TPSA) is 107 Å². The molecule has 0 radical (unpaired) electrons. The first-order valence-electron chi connectivity index (χ1n) is 7.35. The van der Waals surface area contributed by atoms with E-state index in [-0.39, 0.29) is 29.6 Å². The van der Waals surface area contributed by atoms with Crippen LogP contribution in [-0.2, 0) is 14.4 Å². The Balaban J connectivity index is 2.09. The van der Waals surface area contributed by atoms with Gasteiger partial charge < -0.3 is 20.4 Å². The number of amides is 2. The molecule has 0 saturated carbocycles. The number of aliphatic carboxylic acids is 1. The van der Waals surface area contributed by atoms with Crippen molar-refractivity contribution < 1.29 is 24.6 Å². The summed E-state index contributed by atoms with van der Waals surface area (Å²) in [6, 6.07) is -0.294. The van der Waals surface area contributed by atoms with Crippen molar-refractivity contribution in [3.05, 3.63) is 22.1 Å². The van der Waals surface area contributed by atoms with Gasteiger partial charge >= 0.3 is 5.97 Å². The van der Waals surface area contributed by atoms with Crippen molar-refractivity contribution >= 4 is 29.5 Å². The first-order chi connectivity index (χ1) is 10.7. The molecule has 2 heterocycles. The molecular weight excluding hydrogens is 320 g/mol. The van der Waals surface area contributed by atoms with Gasteiger partial charge in [-0.15, -0.1) is 0 Å². The zero-order chi connectivity index (χ0) is 17.3. The summed E-state index contributed by atoms with van der Waals surface area (Å²) in [5.41, 5.74) is -0.0455. The molecule has 1 saturated heterocycles. The van der Waals surface area contributed by atoms with Gasteiger partial charge in [0.05, 0.1) is 18.1 Å². The van der Waals surface area contributed by atoms with E-state index >= 15 is 0 Å². The van der Waals surface area contributed by atoms with Crippen molar-refractivity contribution in [2.24, 2.45) is 5.92 Å². The molecule has 0 aromatic rings. The Morgan fingerprint density at radius 1 is 1.39 bits per heavy atom. The van der Waals surface area contributed by atoms with E-state index in [1.165, 1.54) is 23.3 Å². The fourth-order valence-corrected chi connectivity index (χ4v) is 3.77. The number of nitrogens with zero attached hydrogens (tertiary/aromatic N) is 1. The molecule has 0 spiro atoms. The van der Waals surface area contributed by atoms with Gasteiger partial charge in [0, 0.05) is 23.4 Å². The summed E-state index contributed by atoms with van der Waals surface area (Å²) >= 11 is 1.12. The van der Waals surface area contributed by atoms with Crippen LogP contribution in [0.5, 0.6) is 0 Å². The fourth-order valence-electron chi connectivity index (χ4n) is 2.85. The standard InChI is InChI=1S/C15H20N2O5S/c1-7(2)16-11(19)4-5-23-10-6-9-12(8(3)18)14(20)17(9)13(10)15(21)22/h4-5,7-9,12,18H,6H2,1-3H3,(H,16,19)(H,21,22)/b5-4-/t8-,9+,12-/m0/s1. The second-order valence-electron chi connectivity index (χ2n) is 5.91. The normalized spacial score (nSPS) is 24.9. The highest BCUT2D eigenvalue weighted by Crippen LogP contribution is 2.47. The number of carbonyl (C=O) groups is 3. The molecule has 2 aliphatic rings. The number of rotatable bonds is 6. The summed E-state index contributed by atoms with van der Waals surface area (Å²) < 4.78 is 0. The molecule has 0 aromatic carbocycles. The number of carbonyl (C=O) groups excluding carboxylic acids is 2. The maximum atomic E-state index is 12.0. The Hall–Kier alpha value is -1.80. The van der Waals surface area contributed by atoms with Gasteiger partial charge in [0.25, 0.3) is 0 Å². The summed E-state index contributed by atoms with van der Waals surface area (Å²) in [4.78, 5) is 36.8. The van der Waals surface area contributed by atoms with E-state index < -0.39 is 18.0 Å². The number of hydrogen-bond acceptors (Lipinski definition) is 5. The first kappa shape index (κ1) is 17.6. The zero-order valence-electron chi connectivity index (χ0n) is 13.1. The third-order valence-corrected chi connectivity index (χ3v) is 4.67. The van der Waals surface area contributed by atoms with Crippen LogP contribution in [0.3, 0.4) is 0 Å². The third kappa shape index (κ3) is 3.42. The van der Waals surface area contributed by atoms with Gasteiger partial charge in [-0.1, -0.05) is 11.8 Å². The van der Waals surface area contributed by atoms with Crippen LogP contribution in [0.2, 0.25) is 0 Å². The second kappa shape index (κ2) is 6.76. The van der Waals surface area contributed by atoms with E-state index in [1.807, 2.05) is 13.8 Å². The molecule has 7 nitrogen and oxygen atoms in total. The monoisotopic (exact) mass is 340 g/mol. The van der Waals surface area contributed by atoms with Gasteiger partial charge in [0.1, 0.15) is 5.70 Å². The van der Waals surface area contributed by atoms with Crippen LogP contribution >= 0.6 is 11.8 Å². The zero-order valence-corrected chi connectivity index (χ0v) is 14.0. The maximum Gasteiger partial charge on any atom is 0.353 e. The maximum absolute atomic E-state index is 12.0. The van der Waals surface area contributed by atoms with Gasteiger partial charge in [0.15, 0.2) is 0 Å².